The molecule has 2 atom stereocenters. The van der Waals surface area contributed by atoms with Gasteiger partial charge in [-0.05, 0) is 44.0 Å². The van der Waals surface area contributed by atoms with Crippen molar-refractivity contribution in [2.24, 2.45) is 0 Å². The molecule has 0 saturated heterocycles. The number of aryl methyl sites for hydroxylation is 2. The third-order valence-corrected chi connectivity index (χ3v) is 5.86. The fraction of sp³-hybridized carbons (Fsp3) is 0.300. The first-order chi connectivity index (χ1) is 12.3. The van der Waals surface area contributed by atoms with Crippen molar-refractivity contribution in [1.29, 1.82) is 0 Å². The lowest BCUT2D eigenvalue weighted by Crippen LogP contribution is -2.18. The summed E-state index contributed by atoms with van der Waals surface area (Å²) in [6, 6.07) is 10.2. The summed E-state index contributed by atoms with van der Waals surface area (Å²) in [5, 5.41) is 0. The molecule has 2 aromatic rings. The Morgan fingerprint density at radius 2 is 1.62 bits per heavy atom. The summed E-state index contributed by atoms with van der Waals surface area (Å²) in [4.78, 5) is 25.5. The Balaban J connectivity index is 2.33. The second-order valence-electron chi connectivity index (χ2n) is 6.00. The molecule has 0 aromatic heterocycles. The summed E-state index contributed by atoms with van der Waals surface area (Å²) in [5.41, 5.74) is 0.746. The van der Waals surface area contributed by atoms with Crippen LogP contribution in [-0.4, -0.2) is 31.2 Å². The molecule has 0 bridgehead atoms. The van der Waals surface area contributed by atoms with Gasteiger partial charge in [0.25, 0.3) is 0 Å². The number of benzene rings is 2. The van der Waals surface area contributed by atoms with E-state index in [4.69, 9.17) is 9.47 Å². The number of rotatable bonds is 7. The summed E-state index contributed by atoms with van der Waals surface area (Å²) < 4.78 is 23.2. The monoisotopic (exact) mass is 373 g/mol. The molecule has 0 aliphatic heterocycles. The van der Waals surface area contributed by atoms with Crippen LogP contribution < -0.4 is 9.47 Å². The molecule has 1 radical (unpaired) electrons. The molecule has 6 heteroatoms. The van der Waals surface area contributed by atoms with Gasteiger partial charge >= 0.3 is 0 Å². The fourth-order valence-electron chi connectivity index (χ4n) is 2.77. The van der Waals surface area contributed by atoms with Gasteiger partial charge in [-0.3, -0.25) is 14.2 Å². The number of carbonyl (C=O) groups is 2. The zero-order chi connectivity index (χ0) is 19.4. The normalized spacial score (nSPS) is 12.3. The van der Waals surface area contributed by atoms with Crippen LogP contribution in [0.4, 0.5) is 0 Å². The molecule has 0 amide bonds. The van der Waals surface area contributed by atoms with E-state index in [1.54, 1.807) is 44.2 Å². The van der Waals surface area contributed by atoms with Crippen LogP contribution in [0.3, 0.4) is 0 Å². The average molecular weight is 373 g/mol. The smallest absolute Gasteiger partial charge is 0.243 e. The number of hydrogen-bond donors (Lipinski definition) is 0. The molecule has 0 fully saturated rings. The van der Waals surface area contributed by atoms with Crippen molar-refractivity contribution in [1.82, 2.24) is 0 Å². The number of methoxy groups -OCH3 is 2. The van der Waals surface area contributed by atoms with Crippen LogP contribution in [-0.2, 0) is 4.57 Å². The van der Waals surface area contributed by atoms with Gasteiger partial charge in [0.15, 0.2) is 13.6 Å². The highest BCUT2D eigenvalue weighted by atomic mass is 31.1. The number of ketones is 1. The highest BCUT2D eigenvalue weighted by molar-refractivity contribution is 7.66. The van der Waals surface area contributed by atoms with Gasteiger partial charge in [0.2, 0.25) is 5.52 Å². The van der Waals surface area contributed by atoms with E-state index in [-0.39, 0.29) is 5.56 Å². The first kappa shape index (κ1) is 19.8. The number of carbonyl (C=O) groups excluding carboxylic acids is 2. The largest absolute Gasteiger partial charge is 0.497 e. The standard InChI is InChI=1S/C20H22O5P/c1-12-7-6-8-13(2)18(12)20(22)26(23)14(3)19(21)16-10-9-15(24-4)11-17(16)25-5/h6-11,14H,1-5H3. The van der Waals surface area contributed by atoms with Crippen molar-refractivity contribution in [3.63, 3.8) is 0 Å². The second kappa shape index (κ2) is 8.24. The number of Topliss-reactive ketones (excluding diaryl/α,β-unsaturated/α-hetero) is 1. The third kappa shape index (κ3) is 3.83. The maximum atomic E-state index is 12.8. The molecule has 0 aliphatic carbocycles. The Morgan fingerprint density at radius 1 is 1.00 bits per heavy atom. The second-order valence-corrected chi connectivity index (χ2v) is 7.84. The molecule has 2 unspecified atom stereocenters. The van der Waals surface area contributed by atoms with Crippen LogP contribution in [0, 0.1) is 13.8 Å². The van der Waals surface area contributed by atoms with Crippen molar-refractivity contribution in [2.75, 3.05) is 14.2 Å². The summed E-state index contributed by atoms with van der Waals surface area (Å²) in [5.74, 6) is 0.469. The van der Waals surface area contributed by atoms with Crippen molar-refractivity contribution in [3.05, 3.63) is 58.7 Å². The summed E-state index contributed by atoms with van der Waals surface area (Å²) >= 11 is 0. The molecule has 0 N–H and O–H groups in total. The van der Waals surface area contributed by atoms with Crippen LogP contribution >= 0.6 is 7.80 Å². The summed E-state index contributed by atoms with van der Waals surface area (Å²) in [7, 11) is 0.527. The van der Waals surface area contributed by atoms with Crippen LogP contribution in [0.15, 0.2) is 36.4 Å². The van der Waals surface area contributed by atoms with E-state index in [0.29, 0.717) is 17.1 Å². The first-order valence-electron chi connectivity index (χ1n) is 8.15. The summed E-state index contributed by atoms with van der Waals surface area (Å²) in [6.45, 7) is 5.10. The number of hydrogen-bond acceptors (Lipinski definition) is 5. The molecule has 137 valence electrons. The Kier molecular flexibility index (Phi) is 6.27. The van der Waals surface area contributed by atoms with Gasteiger partial charge in [0.05, 0.1) is 25.4 Å². The molecule has 26 heavy (non-hydrogen) atoms. The predicted molar refractivity (Wildman–Crippen MR) is 101 cm³/mol. The highest BCUT2D eigenvalue weighted by Gasteiger charge is 2.31. The Bertz CT molecular complexity index is 852. The first-order valence-corrected chi connectivity index (χ1v) is 9.47. The van der Waals surface area contributed by atoms with Crippen LogP contribution in [0.5, 0.6) is 11.5 Å². The quantitative estimate of drug-likeness (QED) is 0.526. The van der Waals surface area contributed by atoms with Gasteiger partial charge in [-0.1, -0.05) is 18.2 Å². The zero-order valence-electron chi connectivity index (χ0n) is 15.5. The molecule has 0 saturated carbocycles. The van der Waals surface area contributed by atoms with E-state index in [0.717, 1.165) is 11.1 Å². The molecule has 5 nitrogen and oxygen atoms in total. The van der Waals surface area contributed by atoms with Gasteiger partial charge in [-0.25, -0.2) is 0 Å². The van der Waals surface area contributed by atoms with E-state index in [9.17, 15) is 14.2 Å². The van der Waals surface area contributed by atoms with Crippen LogP contribution in [0.1, 0.15) is 38.8 Å². The van der Waals surface area contributed by atoms with Crippen molar-refractivity contribution in [2.45, 2.75) is 26.4 Å². The lowest BCUT2D eigenvalue weighted by molar-refractivity contribution is 0.0979. The Morgan fingerprint density at radius 3 is 2.15 bits per heavy atom. The molecule has 0 heterocycles. The van der Waals surface area contributed by atoms with Crippen molar-refractivity contribution < 1.29 is 23.6 Å². The predicted octanol–water partition coefficient (Wildman–Crippen LogP) is 4.56. The van der Waals surface area contributed by atoms with Crippen molar-refractivity contribution >= 4 is 19.1 Å². The summed E-state index contributed by atoms with van der Waals surface area (Å²) in [6.07, 6.45) is 0. The highest BCUT2D eigenvalue weighted by Crippen LogP contribution is 2.38. The SMILES string of the molecule is COc1ccc(C(=O)C(C)[P](=O)C(=O)c2c(C)cccc2C)c(OC)c1. The maximum Gasteiger partial charge on any atom is 0.243 e. The van der Waals surface area contributed by atoms with Gasteiger partial charge < -0.3 is 9.47 Å². The van der Waals surface area contributed by atoms with E-state index in [1.165, 1.54) is 21.1 Å². The lowest BCUT2D eigenvalue weighted by atomic mass is 10.0. The lowest BCUT2D eigenvalue weighted by Gasteiger charge is -2.14. The zero-order valence-corrected chi connectivity index (χ0v) is 16.4. The fourth-order valence-corrected chi connectivity index (χ4v) is 4.05. The van der Waals surface area contributed by atoms with E-state index < -0.39 is 24.8 Å². The minimum atomic E-state index is -2.43. The van der Waals surface area contributed by atoms with Gasteiger partial charge in [0.1, 0.15) is 11.5 Å². The molecule has 0 aliphatic rings. The van der Waals surface area contributed by atoms with Crippen LogP contribution in [0.25, 0.3) is 0 Å². The van der Waals surface area contributed by atoms with Gasteiger partial charge in [0, 0.05) is 11.6 Å². The molecular formula is C20H22O5P. The van der Waals surface area contributed by atoms with Crippen molar-refractivity contribution in [3.8, 4) is 11.5 Å². The van der Waals surface area contributed by atoms with Gasteiger partial charge in [-0.15, -0.1) is 0 Å². The molecular weight excluding hydrogens is 351 g/mol. The average Bonchev–Trinajstić information content (AvgIpc) is 2.65. The Hall–Kier alpha value is -2.52. The Labute approximate surface area is 154 Å². The van der Waals surface area contributed by atoms with Crippen LogP contribution in [0.2, 0.25) is 0 Å². The third-order valence-electron chi connectivity index (χ3n) is 4.30. The topological polar surface area (TPSA) is 69.7 Å². The maximum absolute atomic E-state index is 12.8. The molecule has 2 aromatic carbocycles. The number of ether oxygens (including phenoxy) is 2. The van der Waals surface area contributed by atoms with E-state index in [1.807, 2.05) is 6.07 Å². The van der Waals surface area contributed by atoms with E-state index >= 15 is 0 Å². The molecule has 2 rings (SSSR count). The molecule has 0 spiro atoms. The minimum Gasteiger partial charge on any atom is -0.497 e. The van der Waals surface area contributed by atoms with E-state index in [2.05, 4.69) is 0 Å². The van der Waals surface area contributed by atoms with Gasteiger partial charge in [-0.2, -0.15) is 0 Å². The minimum absolute atomic E-state index is 0.276.